The lowest BCUT2D eigenvalue weighted by molar-refractivity contribution is 0.156. The van der Waals surface area contributed by atoms with Gasteiger partial charge >= 0.3 is 0 Å². The molecule has 0 aromatic carbocycles. The molecular formula is C14H30N2. The van der Waals surface area contributed by atoms with Crippen molar-refractivity contribution >= 4 is 0 Å². The Balaban J connectivity index is 2.30. The van der Waals surface area contributed by atoms with E-state index in [4.69, 9.17) is 5.73 Å². The van der Waals surface area contributed by atoms with Crippen LogP contribution < -0.4 is 5.73 Å². The van der Waals surface area contributed by atoms with Gasteiger partial charge in [-0.25, -0.2) is 0 Å². The van der Waals surface area contributed by atoms with Crippen LogP contribution in [0.2, 0.25) is 0 Å². The Hall–Kier alpha value is -0.0800. The van der Waals surface area contributed by atoms with Crippen molar-refractivity contribution < 1.29 is 0 Å². The van der Waals surface area contributed by atoms with Crippen molar-refractivity contribution in [3.63, 3.8) is 0 Å². The topological polar surface area (TPSA) is 29.3 Å². The average Bonchev–Trinajstić information content (AvgIpc) is 2.30. The van der Waals surface area contributed by atoms with Crippen LogP contribution in [0.3, 0.4) is 0 Å². The highest BCUT2D eigenvalue weighted by Crippen LogP contribution is 2.22. The molecule has 0 aromatic rings. The van der Waals surface area contributed by atoms with Gasteiger partial charge in [0.25, 0.3) is 0 Å². The summed E-state index contributed by atoms with van der Waals surface area (Å²) in [7, 11) is 0. The van der Waals surface area contributed by atoms with Crippen LogP contribution >= 0.6 is 0 Å². The van der Waals surface area contributed by atoms with Gasteiger partial charge in [-0.3, -0.25) is 0 Å². The predicted molar refractivity (Wildman–Crippen MR) is 71.6 cm³/mol. The zero-order chi connectivity index (χ0) is 12.0. The monoisotopic (exact) mass is 226 g/mol. The number of nitrogens with zero attached hydrogens (tertiary/aromatic N) is 1. The molecule has 0 saturated heterocycles. The second kappa shape index (κ2) is 7.29. The molecule has 0 spiro atoms. The van der Waals surface area contributed by atoms with E-state index in [1.165, 1.54) is 45.2 Å². The minimum atomic E-state index is 0.373. The van der Waals surface area contributed by atoms with E-state index in [1.807, 2.05) is 0 Å². The summed E-state index contributed by atoms with van der Waals surface area (Å²) in [5.74, 6) is 0.616. The molecule has 1 fully saturated rings. The SMILES string of the molecule is CCN(CCC(N)C(C)C)C1CCCCC1. The summed E-state index contributed by atoms with van der Waals surface area (Å²) >= 11 is 0. The maximum Gasteiger partial charge on any atom is 0.00951 e. The number of nitrogens with two attached hydrogens (primary N) is 1. The molecule has 0 radical (unpaired) electrons. The van der Waals surface area contributed by atoms with Gasteiger partial charge in [-0.05, 0) is 38.3 Å². The Bertz CT molecular complexity index is 174. The van der Waals surface area contributed by atoms with Gasteiger partial charge in [0.1, 0.15) is 0 Å². The maximum absolute atomic E-state index is 6.12. The third kappa shape index (κ3) is 4.42. The molecule has 1 unspecified atom stereocenters. The second-order valence-electron chi connectivity index (χ2n) is 5.62. The van der Waals surface area contributed by atoms with E-state index < -0.39 is 0 Å². The van der Waals surface area contributed by atoms with Crippen LogP contribution in [-0.4, -0.2) is 30.1 Å². The molecule has 1 rings (SSSR count). The van der Waals surface area contributed by atoms with E-state index in [2.05, 4.69) is 25.7 Å². The zero-order valence-corrected chi connectivity index (χ0v) is 11.4. The number of rotatable bonds is 6. The lowest BCUT2D eigenvalue weighted by Crippen LogP contribution is -2.40. The standard InChI is InChI=1S/C14H30N2/c1-4-16(11-10-14(15)12(2)3)13-8-6-5-7-9-13/h12-14H,4-11,15H2,1-3H3. The Morgan fingerprint density at radius 2 is 1.81 bits per heavy atom. The van der Waals surface area contributed by atoms with Crippen molar-refractivity contribution in [1.29, 1.82) is 0 Å². The highest BCUT2D eigenvalue weighted by Gasteiger charge is 2.20. The van der Waals surface area contributed by atoms with Gasteiger partial charge < -0.3 is 10.6 Å². The van der Waals surface area contributed by atoms with Crippen LogP contribution in [0.1, 0.15) is 59.3 Å². The fourth-order valence-electron chi connectivity index (χ4n) is 2.69. The molecule has 16 heavy (non-hydrogen) atoms. The van der Waals surface area contributed by atoms with Crippen LogP contribution in [0, 0.1) is 5.92 Å². The van der Waals surface area contributed by atoms with Gasteiger partial charge in [-0.1, -0.05) is 40.0 Å². The molecule has 1 atom stereocenters. The highest BCUT2D eigenvalue weighted by atomic mass is 15.1. The summed E-state index contributed by atoms with van der Waals surface area (Å²) in [4.78, 5) is 2.65. The van der Waals surface area contributed by atoms with Crippen molar-refractivity contribution in [2.45, 2.75) is 71.4 Å². The molecule has 2 N–H and O–H groups in total. The first-order valence-electron chi connectivity index (χ1n) is 7.14. The molecule has 0 bridgehead atoms. The summed E-state index contributed by atoms with van der Waals surface area (Å²) in [6.45, 7) is 9.12. The molecule has 1 aliphatic rings. The van der Waals surface area contributed by atoms with E-state index in [0.717, 1.165) is 12.5 Å². The van der Waals surface area contributed by atoms with Crippen LogP contribution in [-0.2, 0) is 0 Å². The molecule has 2 nitrogen and oxygen atoms in total. The van der Waals surface area contributed by atoms with Crippen molar-refractivity contribution in [2.75, 3.05) is 13.1 Å². The Kier molecular flexibility index (Phi) is 6.37. The molecule has 0 aliphatic heterocycles. The summed E-state index contributed by atoms with van der Waals surface area (Å²) in [5.41, 5.74) is 6.12. The van der Waals surface area contributed by atoms with Crippen LogP contribution in [0.25, 0.3) is 0 Å². The maximum atomic E-state index is 6.12. The smallest absolute Gasteiger partial charge is 0.00951 e. The average molecular weight is 226 g/mol. The van der Waals surface area contributed by atoms with Crippen molar-refractivity contribution in [1.82, 2.24) is 4.90 Å². The summed E-state index contributed by atoms with van der Waals surface area (Å²) in [6, 6.07) is 1.22. The number of hydrogen-bond acceptors (Lipinski definition) is 2. The Morgan fingerprint density at radius 3 is 2.31 bits per heavy atom. The lowest BCUT2D eigenvalue weighted by atomic mass is 9.93. The van der Waals surface area contributed by atoms with Gasteiger partial charge in [0.15, 0.2) is 0 Å². The second-order valence-corrected chi connectivity index (χ2v) is 5.62. The number of hydrogen-bond donors (Lipinski definition) is 1. The van der Waals surface area contributed by atoms with E-state index in [9.17, 15) is 0 Å². The van der Waals surface area contributed by atoms with Crippen LogP contribution in [0.4, 0.5) is 0 Å². The third-order valence-corrected chi connectivity index (χ3v) is 4.10. The molecule has 0 aromatic heterocycles. The first-order valence-corrected chi connectivity index (χ1v) is 7.14. The van der Waals surface area contributed by atoms with Gasteiger partial charge in [0.2, 0.25) is 0 Å². The van der Waals surface area contributed by atoms with Crippen LogP contribution in [0.5, 0.6) is 0 Å². The molecule has 0 amide bonds. The molecule has 2 heteroatoms. The Labute approximate surface area is 102 Å². The van der Waals surface area contributed by atoms with Crippen molar-refractivity contribution in [2.24, 2.45) is 11.7 Å². The lowest BCUT2D eigenvalue weighted by Gasteiger charge is -2.34. The van der Waals surface area contributed by atoms with E-state index in [0.29, 0.717) is 12.0 Å². The summed E-state index contributed by atoms with van der Waals surface area (Å²) in [5, 5.41) is 0. The largest absolute Gasteiger partial charge is 0.327 e. The zero-order valence-electron chi connectivity index (χ0n) is 11.4. The van der Waals surface area contributed by atoms with Gasteiger partial charge in [-0.2, -0.15) is 0 Å². The minimum Gasteiger partial charge on any atom is -0.327 e. The molecule has 1 saturated carbocycles. The molecular weight excluding hydrogens is 196 g/mol. The predicted octanol–water partition coefficient (Wildman–Crippen LogP) is 3.01. The van der Waals surface area contributed by atoms with Crippen molar-refractivity contribution in [3.8, 4) is 0 Å². The van der Waals surface area contributed by atoms with E-state index in [1.54, 1.807) is 0 Å². The first kappa shape index (κ1) is 14.0. The fraction of sp³-hybridized carbons (Fsp3) is 1.00. The quantitative estimate of drug-likeness (QED) is 0.754. The van der Waals surface area contributed by atoms with Gasteiger partial charge in [-0.15, -0.1) is 0 Å². The third-order valence-electron chi connectivity index (χ3n) is 4.10. The van der Waals surface area contributed by atoms with E-state index >= 15 is 0 Å². The normalized spacial score (nSPS) is 20.6. The molecule has 96 valence electrons. The minimum absolute atomic E-state index is 0.373. The van der Waals surface area contributed by atoms with Crippen LogP contribution in [0.15, 0.2) is 0 Å². The van der Waals surface area contributed by atoms with Gasteiger partial charge in [0, 0.05) is 12.1 Å². The molecule has 1 aliphatic carbocycles. The summed E-state index contributed by atoms with van der Waals surface area (Å²) in [6.07, 6.45) is 8.27. The Morgan fingerprint density at radius 1 is 1.19 bits per heavy atom. The fourth-order valence-corrected chi connectivity index (χ4v) is 2.69. The highest BCUT2D eigenvalue weighted by molar-refractivity contribution is 4.77. The van der Waals surface area contributed by atoms with Crippen molar-refractivity contribution in [3.05, 3.63) is 0 Å². The molecule has 0 heterocycles. The first-order chi connectivity index (χ1) is 7.65. The summed E-state index contributed by atoms with van der Waals surface area (Å²) < 4.78 is 0. The van der Waals surface area contributed by atoms with E-state index in [-0.39, 0.29) is 0 Å². The van der Waals surface area contributed by atoms with Gasteiger partial charge in [0.05, 0.1) is 0 Å².